The summed E-state index contributed by atoms with van der Waals surface area (Å²) in [5.74, 6) is 2.24. The maximum absolute atomic E-state index is 10.1. The zero-order chi connectivity index (χ0) is 23.2. The van der Waals surface area contributed by atoms with Gasteiger partial charge in [0.05, 0.1) is 0 Å². The van der Waals surface area contributed by atoms with E-state index in [9.17, 15) is 10.2 Å². The number of hydrogen-bond acceptors (Lipinski definition) is 4. The molecule has 1 aliphatic heterocycles. The lowest BCUT2D eigenvalue weighted by molar-refractivity contribution is 0.158. The molecular weight excluding hydrogens is 410 g/mol. The highest BCUT2D eigenvalue weighted by atomic mass is 16.5. The molecule has 0 amide bonds. The summed E-state index contributed by atoms with van der Waals surface area (Å²) in [7, 11) is 0. The fourth-order valence-corrected chi connectivity index (χ4v) is 5.71. The van der Waals surface area contributed by atoms with E-state index in [0.717, 1.165) is 31.7 Å². The van der Waals surface area contributed by atoms with Crippen LogP contribution >= 0.6 is 0 Å². The number of aromatic hydroxyl groups is 1. The summed E-state index contributed by atoms with van der Waals surface area (Å²) in [4.78, 5) is 2.50. The summed E-state index contributed by atoms with van der Waals surface area (Å²) in [5, 5.41) is 19.9. The molecule has 178 valence electrons. The van der Waals surface area contributed by atoms with E-state index in [1.807, 2.05) is 12.1 Å². The molecule has 1 heterocycles. The number of likely N-dealkylation sites (tertiary alicyclic amines) is 1. The van der Waals surface area contributed by atoms with Crippen molar-refractivity contribution in [2.24, 2.45) is 17.8 Å². The average molecular weight is 450 g/mol. The molecule has 2 N–H and O–H groups in total. The van der Waals surface area contributed by atoms with Crippen LogP contribution < -0.4 is 4.74 Å². The van der Waals surface area contributed by atoms with Crippen molar-refractivity contribution in [3.63, 3.8) is 0 Å². The van der Waals surface area contributed by atoms with Gasteiger partial charge in [-0.3, -0.25) is 4.90 Å². The lowest BCUT2D eigenvalue weighted by Crippen LogP contribution is -2.33. The van der Waals surface area contributed by atoms with Crippen LogP contribution in [0.2, 0.25) is 0 Å². The van der Waals surface area contributed by atoms with Gasteiger partial charge in [-0.15, -0.1) is 0 Å². The second-order valence-electron chi connectivity index (χ2n) is 9.73. The molecule has 0 aromatic heterocycles. The molecule has 1 saturated heterocycles. The van der Waals surface area contributed by atoms with E-state index in [-0.39, 0.29) is 18.3 Å². The minimum Gasteiger partial charge on any atom is -0.508 e. The molecule has 0 saturated carbocycles. The number of phenols is 1. The van der Waals surface area contributed by atoms with Crippen molar-refractivity contribution in [3.05, 3.63) is 59.7 Å². The normalized spacial score (nSPS) is 24.2. The van der Waals surface area contributed by atoms with Crippen LogP contribution in [0, 0.1) is 17.8 Å². The molecule has 4 nitrogen and oxygen atoms in total. The Morgan fingerprint density at radius 2 is 1.61 bits per heavy atom. The predicted octanol–water partition coefficient (Wildman–Crippen LogP) is 5.84. The number of allylic oxidation sites excluding steroid dienone is 2. The van der Waals surface area contributed by atoms with Crippen molar-refractivity contribution in [2.75, 3.05) is 32.8 Å². The molecule has 3 unspecified atom stereocenters. The Bertz CT molecular complexity index is 913. The van der Waals surface area contributed by atoms with Crippen LogP contribution in [0.5, 0.6) is 11.5 Å². The second-order valence-corrected chi connectivity index (χ2v) is 9.73. The van der Waals surface area contributed by atoms with E-state index in [1.165, 1.54) is 54.6 Å². The van der Waals surface area contributed by atoms with E-state index >= 15 is 0 Å². The van der Waals surface area contributed by atoms with Gasteiger partial charge >= 0.3 is 0 Å². The Balaban J connectivity index is 1.57. The summed E-state index contributed by atoms with van der Waals surface area (Å²) >= 11 is 0. The number of phenolic OH excluding ortho intramolecular Hbond substituents is 1. The van der Waals surface area contributed by atoms with E-state index < -0.39 is 0 Å². The van der Waals surface area contributed by atoms with Crippen molar-refractivity contribution < 1.29 is 14.9 Å². The van der Waals surface area contributed by atoms with Crippen molar-refractivity contribution in [1.82, 2.24) is 4.90 Å². The Morgan fingerprint density at radius 1 is 0.939 bits per heavy atom. The van der Waals surface area contributed by atoms with Gasteiger partial charge in [-0.2, -0.15) is 0 Å². The molecule has 2 aliphatic rings. The van der Waals surface area contributed by atoms with Gasteiger partial charge in [-0.1, -0.05) is 44.5 Å². The molecular formula is C29H39NO3. The molecule has 0 spiro atoms. The first kappa shape index (κ1) is 23.8. The molecule has 3 atom stereocenters. The highest BCUT2D eigenvalue weighted by molar-refractivity contribution is 5.93. The van der Waals surface area contributed by atoms with Crippen LogP contribution in [-0.2, 0) is 0 Å². The van der Waals surface area contributed by atoms with Crippen molar-refractivity contribution in [1.29, 1.82) is 0 Å². The molecule has 1 aliphatic carbocycles. The molecule has 33 heavy (non-hydrogen) atoms. The predicted molar refractivity (Wildman–Crippen MR) is 135 cm³/mol. The Labute approximate surface area is 198 Å². The summed E-state index contributed by atoms with van der Waals surface area (Å²) in [5.41, 5.74) is 5.03. The summed E-state index contributed by atoms with van der Waals surface area (Å²) in [6.07, 6.45) is 5.85. The van der Waals surface area contributed by atoms with E-state index in [2.05, 4.69) is 43.0 Å². The summed E-state index contributed by atoms with van der Waals surface area (Å²) < 4.78 is 6.05. The standard InChI is InChI=1S/C29H39NO3/c1-3-27-21(2)24(20-31)19-28(29(27)23-7-11-25(32)12-8-23)22-9-13-26(14-10-22)33-18-17-30-15-5-4-6-16-30/h7-14,21,24,27,31-32H,3-6,15-20H2,1-2H3. The lowest BCUT2D eigenvalue weighted by atomic mass is 9.66. The Kier molecular flexibility index (Phi) is 8.11. The highest BCUT2D eigenvalue weighted by Gasteiger charge is 2.35. The quantitative estimate of drug-likeness (QED) is 0.531. The van der Waals surface area contributed by atoms with Gasteiger partial charge in [0.1, 0.15) is 18.1 Å². The molecule has 0 radical (unpaired) electrons. The number of ether oxygens (including phenoxy) is 1. The zero-order valence-electron chi connectivity index (χ0n) is 20.2. The molecule has 2 aromatic rings. The maximum Gasteiger partial charge on any atom is 0.119 e. The van der Waals surface area contributed by atoms with Crippen LogP contribution in [0.4, 0.5) is 0 Å². The topological polar surface area (TPSA) is 52.9 Å². The highest BCUT2D eigenvalue weighted by Crippen LogP contribution is 2.48. The average Bonchev–Trinajstić information content (AvgIpc) is 2.85. The van der Waals surface area contributed by atoms with Gasteiger partial charge in [-0.05, 0) is 103 Å². The molecule has 2 aromatic carbocycles. The lowest BCUT2D eigenvalue weighted by Gasteiger charge is -2.39. The van der Waals surface area contributed by atoms with Crippen molar-refractivity contribution >= 4 is 11.1 Å². The van der Waals surface area contributed by atoms with E-state index in [0.29, 0.717) is 11.8 Å². The third kappa shape index (κ3) is 5.62. The van der Waals surface area contributed by atoms with Gasteiger partial charge in [-0.25, -0.2) is 0 Å². The smallest absolute Gasteiger partial charge is 0.119 e. The van der Waals surface area contributed by atoms with Crippen molar-refractivity contribution in [3.8, 4) is 11.5 Å². The van der Waals surface area contributed by atoms with Gasteiger partial charge in [0.15, 0.2) is 0 Å². The first-order valence-electron chi connectivity index (χ1n) is 12.7. The second kappa shape index (κ2) is 11.2. The van der Waals surface area contributed by atoms with Crippen LogP contribution in [0.3, 0.4) is 0 Å². The van der Waals surface area contributed by atoms with Crippen LogP contribution in [0.15, 0.2) is 48.5 Å². The Morgan fingerprint density at radius 3 is 2.24 bits per heavy atom. The number of nitrogens with zero attached hydrogens (tertiary/aromatic N) is 1. The maximum atomic E-state index is 10.1. The van der Waals surface area contributed by atoms with Crippen LogP contribution in [0.1, 0.15) is 57.1 Å². The first-order valence-corrected chi connectivity index (χ1v) is 12.7. The minimum atomic E-state index is 0.210. The summed E-state index contributed by atoms with van der Waals surface area (Å²) in [6, 6.07) is 16.1. The van der Waals surface area contributed by atoms with Gasteiger partial charge in [0.2, 0.25) is 0 Å². The number of benzene rings is 2. The molecule has 0 bridgehead atoms. The SMILES string of the molecule is CCC1C(c2ccc(O)cc2)=C(c2ccc(OCCN3CCCCC3)cc2)CC(CO)C1C. The van der Waals surface area contributed by atoms with Gasteiger partial charge < -0.3 is 14.9 Å². The monoisotopic (exact) mass is 449 g/mol. The number of aliphatic hydroxyl groups is 1. The fourth-order valence-electron chi connectivity index (χ4n) is 5.71. The first-order chi connectivity index (χ1) is 16.1. The summed E-state index contributed by atoms with van der Waals surface area (Å²) in [6.45, 7) is 8.82. The van der Waals surface area contributed by atoms with Crippen LogP contribution in [0.25, 0.3) is 11.1 Å². The molecule has 4 rings (SSSR count). The minimum absolute atomic E-state index is 0.210. The molecule has 1 fully saturated rings. The number of aliphatic hydroxyl groups excluding tert-OH is 1. The molecule has 4 heteroatoms. The Hall–Kier alpha value is -2.30. The number of piperidine rings is 1. The zero-order valence-corrected chi connectivity index (χ0v) is 20.2. The number of rotatable bonds is 8. The fraction of sp³-hybridized carbons (Fsp3) is 0.517. The van der Waals surface area contributed by atoms with Crippen LogP contribution in [-0.4, -0.2) is 48.0 Å². The number of hydrogen-bond donors (Lipinski definition) is 2. The van der Waals surface area contributed by atoms with Crippen molar-refractivity contribution in [2.45, 2.75) is 46.0 Å². The third-order valence-electron chi connectivity index (χ3n) is 7.72. The van der Waals surface area contributed by atoms with Gasteiger partial charge in [0.25, 0.3) is 0 Å². The van der Waals surface area contributed by atoms with E-state index in [4.69, 9.17) is 4.74 Å². The largest absolute Gasteiger partial charge is 0.508 e. The van der Waals surface area contributed by atoms with Gasteiger partial charge in [0, 0.05) is 13.2 Å². The third-order valence-corrected chi connectivity index (χ3v) is 7.72. The van der Waals surface area contributed by atoms with E-state index in [1.54, 1.807) is 12.1 Å².